The van der Waals surface area contributed by atoms with Crippen molar-refractivity contribution in [3.05, 3.63) is 17.5 Å². The Morgan fingerprint density at radius 1 is 1.43 bits per heavy atom. The monoisotopic (exact) mass is 194 g/mol. The lowest BCUT2D eigenvalue weighted by Gasteiger charge is -2.26. The second kappa shape index (κ2) is 4.57. The highest BCUT2D eigenvalue weighted by Crippen LogP contribution is 2.09. The highest BCUT2D eigenvalue weighted by Gasteiger charge is 2.12. The minimum atomic E-state index is 1.04. The first-order valence-electron chi connectivity index (χ1n) is 5.34. The second-order valence-corrected chi connectivity index (χ2v) is 3.75. The molecule has 1 aromatic rings. The van der Waals surface area contributed by atoms with E-state index in [1.165, 1.54) is 11.3 Å². The van der Waals surface area contributed by atoms with Gasteiger partial charge < -0.3 is 5.32 Å². The smallest absolute Gasteiger partial charge is 0.0535 e. The summed E-state index contributed by atoms with van der Waals surface area (Å²) in [5.74, 6) is 0. The molecule has 0 atom stereocenters. The van der Waals surface area contributed by atoms with Crippen molar-refractivity contribution in [1.82, 2.24) is 20.4 Å². The van der Waals surface area contributed by atoms with Gasteiger partial charge in [-0.25, -0.2) is 0 Å². The third-order valence-corrected chi connectivity index (χ3v) is 2.76. The third kappa shape index (κ3) is 2.13. The van der Waals surface area contributed by atoms with E-state index in [-0.39, 0.29) is 0 Å². The van der Waals surface area contributed by atoms with Crippen LogP contribution in [0, 0.1) is 0 Å². The molecule has 4 heteroatoms. The summed E-state index contributed by atoms with van der Waals surface area (Å²) in [5.41, 5.74) is 2.64. The summed E-state index contributed by atoms with van der Waals surface area (Å²) in [7, 11) is 0. The van der Waals surface area contributed by atoms with Gasteiger partial charge in [0.25, 0.3) is 0 Å². The molecule has 2 N–H and O–H groups in total. The highest BCUT2D eigenvalue weighted by molar-refractivity contribution is 5.15. The topological polar surface area (TPSA) is 44.0 Å². The van der Waals surface area contributed by atoms with E-state index >= 15 is 0 Å². The summed E-state index contributed by atoms with van der Waals surface area (Å²) in [6, 6.07) is 0. The van der Waals surface area contributed by atoms with Crippen molar-refractivity contribution in [3.8, 4) is 0 Å². The summed E-state index contributed by atoms with van der Waals surface area (Å²) >= 11 is 0. The van der Waals surface area contributed by atoms with Crippen LogP contribution < -0.4 is 5.32 Å². The van der Waals surface area contributed by atoms with Crippen molar-refractivity contribution in [2.45, 2.75) is 19.9 Å². The molecule has 0 aliphatic carbocycles. The molecule has 78 valence electrons. The number of piperazine rings is 1. The highest BCUT2D eigenvalue weighted by atomic mass is 15.2. The van der Waals surface area contributed by atoms with E-state index in [1.54, 1.807) is 0 Å². The van der Waals surface area contributed by atoms with Crippen molar-refractivity contribution in [2.24, 2.45) is 0 Å². The van der Waals surface area contributed by atoms with Crippen LogP contribution in [0.1, 0.15) is 18.2 Å². The van der Waals surface area contributed by atoms with Gasteiger partial charge in [-0.15, -0.1) is 0 Å². The van der Waals surface area contributed by atoms with Gasteiger partial charge in [-0.1, -0.05) is 6.92 Å². The average Bonchev–Trinajstić information content (AvgIpc) is 2.67. The maximum Gasteiger partial charge on any atom is 0.0535 e. The van der Waals surface area contributed by atoms with E-state index in [1.807, 2.05) is 6.20 Å². The van der Waals surface area contributed by atoms with Gasteiger partial charge >= 0.3 is 0 Å². The number of rotatable bonds is 3. The summed E-state index contributed by atoms with van der Waals surface area (Å²) in [6.45, 7) is 7.72. The van der Waals surface area contributed by atoms with Crippen LogP contribution in [0.25, 0.3) is 0 Å². The predicted octanol–water partition coefficient (Wildman–Crippen LogP) is 0.377. The zero-order valence-electron chi connectivity index (χ0n) is 8.71. The first-order valence-corrected chi connectivity index (χ1v) is 5.34. The lowest BCUT2D eigenvalue weighted by atomic mass is 10.2. The summed E-state index contributed by atoms with van der Waals surface area (Å²) < 4.78 is 0. The zero-order valence-corrected chi connectivity index (χ0v) is 8.71. The molecule has 0 aromatic carbocycles. The first kappa shape index (κ1) is 9.68. The van der Waals surface area contributed by atoms with E-state index in [0.717, 1.165) is 39.1 Å². The van der Waals surface area contributed by atoms with Crippen LogP contribution in [-0.4, -0.2) is 41.3 Å². The van der Waals surface area contributed by atoms with Gasteiger partial charge in [0.15, 0.2) is 0 Å². The molecule has 0 amide bonds. The molecule has 0 saturated carbocycles. The predicted molar refractivity (Wildman–Crippen MR) is 56.1 cm³/mol. The molecule has 0 spiro atoms. The lowest BCUT2D eigenvalue weighted by Crippen LogP contribution is -2.42. The molecule has 0 radical (unpaired) electrons. The van der Waals surface area contributed by atoms with Gasteiger partial charge in [0.2, 0.25) is 0 Å². The van der Waals surface area contributed by atoms with E-state index in [2.05, 4.69) is 27.3 Å². The number of aromatic amines is 1. The van der Waals surface area contributed by atoms with Crippen LogP contribution in [0.4, 0.5) is 0 Å². The number of aryl methyl sites for hydroxylation is 1. The van der Waals surface area contributed by atoms with Crippen molar-refractivity contribution < 1.29 is 0 Å². The summed E-state index contributed by atoms with van der Waals surface area (Å²) in [4.78, 5) is 2.47. The minimum Gasteiger partial charge on any atom is -0.314 e. The standard InChI is InChI=1S/C10H18N4/c1-2-10-9(7-12-13-10)8-14-5-3-11-4-6-14/h7,11H,2-6,8H2,1H3,(H,12,13). The minimum absolute atomic E-state index is 1.04. The fourth-order valence-electron chi connectivity index (χ4n) is 1.89. The van der Waals surface area contributed by atoms with E-state index < -0.39 is 0 Å². The van der Waals surface area contributed by atoms with Crippen molar-refractivity contribution in [3.63, 3.8) is 0 Å². The van der Waals surface area contributed by atoms with Crippen LogP contribution in [0.15, 0.2) is 6.20 Å². The molecule has 0 bridgehead atoms. The quantitative estimate of drug-likeness (QED) is 0.731. The number of hydrogen-bond acceptors (Lipinski definition) is 3. The molecule has 1 fully saturated rings. The fraction of sp³-hybridized carbons (Fsp3) is 0.700. The number of aromatic nitrogens is 2. The van der Waals surface area contributed by atoms with Crippen LogP contribution in [0.3, 0.4) is 0 Å². The average molecular weight is 194 g/mol. The maximum absolute atomic E-state index is 4.09. The van der Waals surface area contributed by atoms with Crippen molar-refractivity contribution >= 4 is 0 Å². The molecular formula is C10H18N4. The Bertz CT molecular complexity index is 275. The van der Waals surface area contributed by atoms with Gasteiger partial charge in [0, 0.05) is 44.0 Å². The molecule has 4 nitrogen and oxygen atoms in total. The molecule has 2 heterocycles. The van der Waals surface area contributed by atoms with Gasteiger partial charge in [-0.05, 0) is 6.42 Å². The normalized spacial score (nSPS) is 18.6. The fourth-order valence-corrected chi connectivity index (χ4v) is 1.89. The zero-order chi connectivity index (χ0) is 9.80. The van der Waals surface area contributed by atoms with Gasteiger partial charge in [0.05, 0.1) is 6.20 Å². The van der Waals surface area contributed by atoms with Crippen molar-refractivity contribution in [2.75, 3.05) is 26.2 Å². The Kier molecular flexibility index (Phi) is 3.16. The Balaban J connectivity index is 1.95. The summed E-state index contributed by atoms with van der Waals surface area (Å²) in [5, 5.41) is 10.5. The van der Waals surface area contributed by atoms with E-state index in [4.69, 9.17) is 0 Å². The molecule has 1 aromatic heterocycles. The third-order valence-electron chi connectivity index (χ3n) is 2.76. The van der Waals surface area contributed by atoms with Gasteiger partial charge in [-0.3, -0.25) is 10.00 Å². The second-order valence-electron chi connectivity index (χ2n) is 3.75. The number of nitrogens with zero attached hydrogens (tertiary/aromatic N) is 2. The van der Waals surface area contributed by atoms with Gasteiger partial charge in [0.1, 0.15) is 0 Å². The summed E-state index contributed by atoms with van der Waals surface area (Å²) in [6.07, 6.45) is 3.00. The maximum atomic E-state index is 4.09. The first-order chi connectivity index (χ1) is 6.90. The molecule has 0 unspecified atom stereocenters. The molecule has 1 aliphatic heterocycles. The van der Waals surface area contributed by atoms with Crippen LogP contribution in [-0.2, 0) is 13.0 Å². The molecule has 1 aliphatic rings. The van der Waals surface area contributed by atoms with Crippen LogP contribution in [0.2, 0.25) is 0 Å². The number of hydrogen-bond donors (Lipinski definition) is 2. The van der Waals surface area contributed by atoms with E-state index in [0.29, 0.717) is 0 Å². The Morgan fingerprint density at radius 2 is 2.21 bits per heavy atom. The Labute approximate surface area is 84.7 Å². The molecule has 14 heavy (non-hydrogen) atoms. The largest absolute Gasteiger partial charge is 0.314 e. The SMILES string of the molecule is CCc1[nH]ncc1CN1CCNCC1. The Hall–Kier alpha value is -0.870. The van der Waals surface area contributed by atoms with E-state index in [9.17, 15) is 0 Å². The lowest BCUT2D eigenvalue weighted by molar-refractivity contribution is 0.232. The van der Waals surface area contributed by atoms with Crippen LogP contribution in [0.5, 0.6) is 0 Å². The van der Waals surface area contributed by atoms with Crippen molar-refractivity contribution in [1.29, 1.82) is 0 Å². The molecule has 2 rings (SSSR count). The van der Waals surface area contributed by atoms with Crippen LogP contribution >= 0.6 is 0 Å². The Morgan fingerprint density at radius 3 is 2.93 bits per heavy atom. The molecular weight excluding hydrogens is 176 g/mol. The molecule has 1 saturated heterocycles. The number of H-pyrrole nitrogens is 1. The number of nitrogens with one attached hydrogen (secondary N) is 2. The van der Waals surface area contributed by atoms with Gasteiger partial charge in [-0.2, -0.15) is 5.10 Å².